The van der Waals surface area contributed by atoms with Crippen molar-refractivity contribution in [1.29, 1.82) is 0 Å². The Labute approximate surface area is 312 Å². The number of hydrogen-bond donors (Lipinski definition) is 3. The van der Waals surface area contributed by atoms with E-state index >= 15 is 0 Å². The fourth-order valence-corrected chi connectivity index (χ4v) is 13.7. The van der Waals surface area contributed by atoms with Crippen LogP contribution in [-0.2, 0) is 20.7 Å². The van der Waals surface area contributed by atoms with E-state index in [4.69, 9.17) is 16.3 Å². The summed E-state index contributed by atoms with van der Waals surface area (Å²) in [5.41, 5.74) is 1.91. The number of amides is 1. The van der Waals surface area contributed by atoms with Gasteiger partial charge in [0.1, 0.15) is 6.04 Å². The molecule has 5 aliphatic rings. The third kappa shape index (κ3) is 6.43. The lowest BCUT2D eigenvalue weighted by molar-refractivity contribution is -0.246. The predicted molar refractivity (Wildman–Crippen MR) is 204 cm³/mol. The first-order chi connectivity index (χ1) is 23.9. The quantitative estimate of drug-likeness (QED) is 0.156. The summed E-state index contributed by atoms with van der Waals surface area (Å²) in [4.78, 5) is 27.1. The Morgan fingerprint density at radius 2 is 1.63 bits per heavy atom. The average Bonchev–Trinajstić information content (AvgIpc) is 3.47. The molecule has 1 amide bonds. The van der Waals surface area contributed by atoms with Crippen LogP contribution in [0.4, 0.5) is 0 Å². The summed E-state index contributed by atoms with van der Waals surface area (Å²) in [6.07, 6.45) is 10.9. The molecule has 0 aliphatic heterocycles. The van der Waals surface area contributed by atoms with Gasteiger partial charge in [0, 0.05) is 5.02 Å². The van der Waals surface area contributed by atoms with Gasteiger partial charge < -0.3 is 20.3 Å². The number of hydrogen-bond acceptors (Lipinski definition) is 4. The zero-order chi connectivity index (χ0) is 37.1. The molecule has 5 aliphatic carbocycles. The molecule has 11 atom stereocenters. The number of aliphatic hydroxyl groups excluding tert-OH is 1. The van der Waals surface area contributed by atoms with E-state index in [-0.39, 0.29) is 51.4 Å². The van der Waals surface area contributed by atoms with Crippen LogP contribution < -0.4 is 5.32 Å². The number of halogens is 1. The number of nitrogens with one attached hydrogen (secondary N) is 1. The lowest BCUT2D eigenvalue weighted by Gasteiger charge is -2.72. The van der Waals surface area contributed by atoms with Crippen LogP contribution in [0.25, 0.3) is 0 Å². The number of aliphatic hydroxyl groups is 1. The molecule has 5 saturated carbocycles. The molecule has 0 radical (unpaired) electrons. The highest BCUT2D eigenvalue weighted by Gasteiger charge is 2.72. The first kappa shape index (κ1) is 38.8. The molecular weight excluding hydrogens is 658 g/mol. The molecule has 284 valence electrons. The van der Waals surface area contributed by atoms with Crippen molar-refractivity contribution in [3.8, 4) is 0 Å². The number of carbonyl (C=O) groups is 2. The van der Waals surface area contributed by atoms with E-state index in [1.54, 1.807) is 0 Å². The lowest BCUT2D eigenvalue weighted by Crippen LogP contribution is -2.67. The van der Waals surface area contributed by atoms with Crippen molar-refractivity contribution < 1.29 is 24.5 Å². The smallest absolute Gasteiger partial charge is 0.326 e. The van der Waals surface area contributed by atoms with Crippen LogP contribution in [0.1, 0.15) is 125 Å². The number of carboxylic acids is 1. The van der Waals surface area contributed by atoms with E-state index in [9.17, 15) is 19.8 Å². The molecule has 3 N–H and O–H groups in total. The summed E-state index contributed by atoms with van der Waals surface area (Å²) in [5, 5.41) is 25.1. The summed E-state index contributed by atoms with van der Waals surface area (Å²) >= 11 is 6.09. The molecule has 7 heteroatoms. The fraction of sp³-hybridized carbons (Fsp3) is 0.773. The SMILES string of the molecule is C=C(COCCc1ccc(Cl)cc1)[C@@H]1CC[C@]2(C(=O)N[C@@H](CC(C)C)C(=O)O)CC[C@]3(C)[C@H](CC[C@@H]4[C@@]5(C)CC[C@H](O)C(C)(C)[C@@H]5CC[C@]43C)[C@@H]12. The van der Waals surface area contributed by atoms with E-state index in [1.807, 2.05) is 38.1 Å². The topological polar surface area (TPSA) is 95.9 Å². The Bertz CT molecular complexity index is 1470. The van der Waals surface area contributed by atoms with E-state index < -0.39 is 17.4 Å². The van der Waals surface area contributed by atoms with Gasteiger partial charge in [0.15, 0.2) is 0 Å². The molecule has 0 spiro atoms. The van der Waals surface area contributed by atoms with Crippen molar-refractivity contribution in [3.63, 3.8) is 0 Å². The number of rotatable bonds is 11. The number of fused-ring (bicyclic) bond motifs is 7. The van der Waals surface area contributed by atoms with Crippen molar-refractivity contribution in [3.05, 3.63) is 47.0 Å². The summed E-state index contributed by atoms with van der Waals surface area (Å²) < 4.78 is 6.29. The van der Waals surface area contributed by atoms with Crippen LogP contribution in [0.5, 0.6) is 0 Å². The summed E-state index contributed by atoms with van der Waals surface area (Å²) in [7, 11) is 0. The Balaban J connectivity index is 1.29. The summed E-state index contributed by atoms with van der Waals surface area (Å²) in [5.74, 6) is 0.827. The first-order valence-electron chi connectivity index (χ1n) is 20.1. The van der Waals surface area contributed by atoms with Gasteiger partial charge in [0.05, 0.1) is 24.7 Å². The molecule has 51 heavy (non-hydrogen) atoms. The van der Waals surface area contributed by atoms with Crippen LogP contribution in [0.3, 0.4) is 0 Å². The Morgan fingerprint density at radius 1 is 0.922 bits per heavy atom. The second-order valence-electron chi connectivity index (χ2n) is 19.5. The zero-order valence-corrected chi connectivity index (χ0v) is 33.3. The van der Waals surface area contributed by atoms with Gasteiger partial charge in [-0.25, -0.2) is 4.79 Å². The van der Waals surface area contributed by atoms with Crippen molar-refractivity contribution in [2.75, 3.05) is 13.2 Å². The standard InChI is InChI=1S/C44H66ClNO5/c1-27(2)25-33(38(48)49)46-39(50)44-21-15-31(28(3)26-51-24-18-29-9-11-30(45)12-10-29)37(44)32-13-14-35-41(6)19-17-36(47)40(4,5)34(41)16-20-43(35,8)42(32,7)22-23-44/h9-12,27,31-37,47H,3,13-26H2,1-2,4-8H3,(H,46,50)(H,48,49)/t31-,32+,33-,34-,35+,36-,37+,41-,42+,43+,44-/m0/s1. The maximum absolute atomic E-state index is 14.7. The molecule has 1 aromatic rings. The fourth-order valence-electron chi connectivity index (χ4n) is 13.6. The van der Waals surface area contributed by atoms with Crippen LogP contribution in [0.2, 0.25) is 5.02 Å². The van der Waals surface area contributed by atoms with E-state index in [0.29, 0.717) is 37.4 Å². The minimum Gasteiger partial charge on any atom is -0.480 e. The normalized spacial score (nSPS) is 40.4. The summed E-state index contributed by atoms with van der Waals surface area (Å²) in [6.45, 7) is 22.1. The van der Waals surface area contributed by atoms with Crippen molar-refractivity contribution in [1.82, 2.24) is 5.32 Å². The monoisotopic (exact) mass is 723 g/mol. The van der Waals surface area contributed by atoms with Gasteiger partial charge in [0.25, 0.3) is 0 Å². The van der Waals surface area contributed by atoms with Crippen LogP contribution in [-0.4, -0.2) is 47.4 Å². The van der Waals surface area contributed by atoms with Gasteiger partial charge in [-0.1, -0.05) is 78.8 Å². The molecule has 0 saturated heterocycles. The molecule has 0 unspecified atom stereocenters. The minimum absolute atomic E-state index is 0.0427. The first-order valence-corrected chi connectivity index (χ1v) is 20.5. The lowest BCUT2D eigenvalue weighted by atomic mass is 9.32. The predicted octanol–water partition coefficient (Wildman–Crippen LogP) is 9.51. The van der Waals surface area contributed by atoms with Gasteiger partial charge >= 0.3 is 5.97 Å². The van der Waals surface area contributed by atoms with Crippen molar-refractivity contribution >= 4 is 23.5 Å². The van der Waals surface area contributed by atoms with Crippen molar-refractivity contribution in [2.45, 2.75) is 138 Å². The second-order valence-corrected chi connectivity index (χ2v) is 19.9. The molecule has 6 rings (SSSR count). The highest BCUT2D eigenvalue weighted by Crippen LogP contribution is 2.77. The van der Waals surface area contributed by atoms with E-state index in [2.05, 4.69) is 46.5 Å². The van der Waals surface area contributed by atoms with Gasteiger partial charge in [-0.3, -0.25) is 4.79 Å². The highest BCUT2D eigenvalue weighted by molar-refractivity contribution is 6.30. The Morgan fingerprint density at radius 3 is 2.29 bits per heavy atom. The third-order valence-corrected chi connectivity index (χ3v) is 16.7. The molecule has 6 nitrogen and oxygen atoms in total. The van der Waals surface area contributed by atoms with Crippen molar-refractivity contribution in [2.24, 2.45) is 62.6 Å². The number of ether oxygens (including phenoxy) is 1. The second kappa shape index (κ2) is 14.1. The maximum Gasteiger partial charge on any atom is 0.326 e. The van der Waals surface area contributed by atoms with E-state index in [1.165, 1.54) is 5.56 Å². The number of aliphatic carboxylic acids is 1. The zero-order valence-electron chi connectivity index (χ0n) is 32.5. The molecule has 0 aromatic heterocycles. The third-order valence-electron chi connectivity index (χ3n) is 16.4. The number of carboxylic acid groups (broad SMARTS) is 1. The van der Waals surface area contributed by atoms with Gasteiger partial charge in [-0.05, 0) is 157 Å². The molecule has 1 aromatic carbocycles. The van der Waals surface area contributed by atoms with Gasteiger partial charge in [0.2, 0.25) is 5.91 Å². The highest BCUT2D eigenvalue weighted by atomic mass is 35.5. The van der Waals surface area contributed by atoms with Crippen LogP contribution in [0, 0.1) is 62.6 Å². The maximum atomic E-state index is 14.7. The minimum atomic E-state index is -0.947. The van der Waals surface area contributed by atoms with Crippen LogP contribution in [0.15, 0.2) is 36.4 Å². The average molecular weight is 724 g/mol. The summed E-state index contributed by atoms with van der Waals surface area (Å²) in [6, 6.07) is 7.02. The Kier molecular flexibility index (Phi) is 10.7. The molecular formula is C44H66ClNO5. The Hall–Kier alpha value is -1.89. The molecule has 0 heterocycles. The molecule has 5 fully saturated rings. The number of benzene rings is 1. The van der Waals surface area contributed by atoms with Crippen LogP contribution >= 0.6 is 11.6 Å². The largest absolute Gasteiger partial charge is 0.480 e. The van der Waals surface area contributed by atoms with Gasteiger partial charge in [-0.2, -0.15) is 0 Å². The molecule has 0 bridgehead atoms. The van der Waals surface area contributed by atoms with E-state index in [0.717, 1.165) is 81.2 Å². The van der Waals surface area contributed by atoms with Gasteiger partial charge in [-0.15, -0.1) is 0 Å². The number of carbonyl (C=O) groups excluding carboxylic acids is 1.